The topological polar surface area (TPSA) is 35.2 Å². The molecule has 0 radical (unpaired) electrons. The maximum atomic E-state index is 6.01. The molecule has 2 nitrogen and oxygen atoms in total. The van der Waals surface area contributed by atoms with E-state index in [0.717, 1.165) is 18.4 Å². The van der Waals surface area contributed by atoms with E-state index in [2.05, 4.69) is 6.92 Å². The summed E-state index contributed by atoms with van der Waals surface area (Å²) >= 11 is 10.9. The van der Waals surface area contributed by atoms with Crippen LogP contribution in [0.1, 0.15) is 25.3 Å². The average Bonchev–Trinajstić information content (AvgIpc) is 2.20. The second-order valence-corrected chi connectivity index (χ2v) is 4.06. The highest BCUT2D eigenvalue weighted by molar-refractivity contribution is 7.80. The highest BCUT2D eigenvalue weighted by atomic mass is 35.5. The van der Waals surface area contributed by atoms with Crippen molar-refractivity contribution in [1.82, 2.24) is 0 Å². The molecule has 4 heteroatoms. The molecule has 1 rings (SSSR count). The Labute approximate surface area is 100 Å². The molecule has 0 aliphatic heterocycles. The van der Waals surface area contributed by atoms with Crippen molar-refractivity contribution < 1.29 is 4.74 Å². The van der Waals surface area contributed by atoms with Crippen LogP contribution in [0.3, 0.4) is 0 Å². The molecule has 82 valence electrons. The van der Waals surface area contributed by atoms with Crippen LogP contribution in [0.4, 0.5) is 0 Å². The van der Waals surface area contributed by atoms with E-state index in [0.29, 0.717) is 22.4 Å². The molecule has 0 bridgehead atoms. The van der Waals surface area contributed by atoms with Gasteiger partial charge in [0.05, 0.1) is 11.6 Å². The van der Waals surface area contributed by atoms with Gasteiger partial charge in [0.2, 0.25) is 0 Å². The maximum absolute atomic E-state index is 6.01. The van der Waals surface area contributed by atoms with Gasteiger partial charge in [-0.05, 0) is 24.6 Å². The highest BCUT2D eigenvalue weighted by Crippen LogP contribution is 2.25. The average molecular weight is 244 g/mol. The Morgan fingerprint density at radius 2 is 2.27 bits per heavy atom. The first kappa shape index (κ1) is 12.3. The Hall–Kier alpha value is -0.800. The van der Waals surface area contributed by atoms with Crippen molar-refractivity contribution in [3.05, 3.63) is 28.8 Å². The van der Waals surface area contributed by atoms with Gasteiger partial charge in [-0.3, -0.25) is 0 Å². The molecule has 0 aromatic heterocycles. The van der Waals surface area contributed by atoms with Crippen LogP contribution in [0.2, 0.25) is 5.02 Å². The number of benzene rings is 1. The van der Waals surface area contributed by atoms with Crippen LogP contribution in [0.25, 0.3) is 0 Å². The normalized spacial score (nSPS) is 10.0. The zero-order chi connectivity index (χ0) is 11.3. The van der Waals surface area contributed by atoms with Crippen molar-refractivity contribution in [2.75, 3.05) is 6.61 Å². The van der Waals surface area contributed by atoms with Gasteiger partial charge < -0.3 is 10.5 Å². The van der Waals surface area contributed by atoms with Crippen LogP contribution in [-0.4, -0.2) is 11.6 Å². The molecule has 0 aliphatic rings. The molecule has 0 fully saturated rings. The Kier molecular flexibility index (Phi) is 4.85. The molecule has 0 unspecified atom stereocenters. The third-order valence-electron chi connectivity index (χ3n) is 1.97. The lowest BCUT2D eigenvalue weighted by Gasteiger charge is -2.08. The van der Waals surface area contributed by atoms with Crippen molar-refractivity contribution in [2.45, 2.75) is 19.8 Å². The molecule has 0 amide bonds. The molecule has 0 heterocycles. The summed E-state index contributed by atoms with van der Waals surface area (Å²) in [5.41, 5.74) is 6.25. The van der Waals surface area contributed by atoms with E-state index < -0.39 is 0 Å². The first-order chi connectivity index (χ1) is 7.15. The lowest BCUT2D eigenvalue weighted by atomic mass is 10.2. The Balaban J connectivity index is 2.70. The fourth-order valence-electron chi connectivity index (χ4n) is 1.10. The lowest BCUT2D eigenvalue weighted by Crippen LogP contribution is -2.09. The van der Waals surface area contributed by atoms with Crippen molar-refractivity contribution in [1.29, 1.82) is 0 Å². The number of ether oxygens (including phenoxy) is 1. The largest absolute Gasteiger partial charge is 0.492 e. The van der Waals surface area contributed by atoms with E-state index in [1.807, 2.05) is 6.07 Å². The third kappa shape index (κ3) is 3.68. The number of nitrogens with two attached hydrogens (primary N) is 1. The van der Waals surface area contributed by atoms with Crippen LogP contribution < -0.4 is 10.5 Å². The molecular formula is C11H14ClNOS. The van der Waals surface area contributed by atoms with E-state index >= 15 is 0 Å². The Bertz CT molecular complexity index is 354. The summed E-state index contributed by atoms with van der Waals surface area (Å²) < 4.78 is 5.50. The third-order valence-corrected chi connectivity index (χ3v) is 2.50. The quantitative estimate of drug-likeness (QED) is 0.637. The molecule has 0 saturated carbocycles. The van der Waals surface area contributed by atoms with Crippen molar-refractivity contribution in [2.24, 2.45) is 5.73 Å². The molecule has 0 atom stereocenters. The van der Waals surface area contributed by atoms with Gasteiger partial charge in [0.25, 0.3) is 0 Å². The fraction of sp³-hybridized carbons (Fsp3) is 0.364. The maximum Gasteiger partial charge on any atom is 0.137 e. The Morgan fingerprint density at radius 3 is 2.80 bits per heavy atom. The van der Waals surface area contributed by atoms with Crippen LogP contribution in [0.15, 0.2) is 18.2 Å². The summed E-state index contributed by atoms with van der Waals surface area (Å²) in [7, 11) is 0. The van der Waals surface area contributed by atoms with Crippen molar-refractivity contribution >= 4 is 28.8 Å². The van der Waals surface area contributed by atoms with Gasteiger partial charge in [-0.2, -0.15) is 0 Å². The second-order valence-electron chi connectivity index (χ2n) is 3.21. The monoisotopic (exact) mass is 243 g/mol. The predicted molar refractivity (Wildman–Crippen MR) is 67.7 cm³/mol. The first-order valence-electron chi connectivity index (χ1n) is 4.87. The summed E-state index contributed by atoms with van der Waals surface area (Å²) in [6, 6.07) is 5.34. The van der Waals surface area contributed by atoms with E-state index in [4.69, 9.17) is 34.3 Å². The van der Waals surface area contributed by atoms with Crippen molar-refractivity contribution in [3.8, 4) is 5.75 Å². The lowest BCUT2D eigenvalue weighted by molar-refractivity contribution is 0.309. The molecule has 2 N–H and O–H groups in total. The molecule has 1 aromatic carbocycles. The Morgan fingerprint density at radius 1 is 1.53 bits per heavy atom. The standard InChI is InChI=1S/C11H14ClNOS/c1-2-3-6-14-10-5-4-8(11(13)15)7-9(10)12/h4-5,7H,2-3,6H2,1H3,(H2,13,15). The van der Waals surface area contributed by atoms with Crippen molar-refractivity contribution in [3.63, 3.8) is 0 Å². The van der Waals surface area contributed by atoms with Crippen LogP contribution in [0.5, 0.6) is 5.75 Å². The summed E-state index contributed by atoms with van der Waals surface area (Å²) in [6.07, 6.45) is 2.12. The second kappa shape index (κ2) is 5.93. The van der Waals surface area contributed by atoms with Crippen LogP contribution >= 0.6 is 23.8 Å². The SMILES string of the molecule is CCCCOc1ccc(C(N)=S)cc1Cl. The van der Waals surface area contributed by atoms with E-state index in [1.165, 1.54) is 0 Å². The summed E-state index contributed by atoms with van der Waals surface area (Å²) in [4.78, 5) is 0.344. The number of rotatable bonds is 5. The van der Waals surface area contributed by atoms with Gasteiger partial charge >= 0.3 is 0 Å². The van der Waals surface area contributed by atoms with E-state index in [-0.39, 0.29) is 0 Å². The first-order valence-corrected chi connectivity index (χ1v) is 5.66. The van der Waals surface area contributed by atoms with Gasteiger partial charge in [0.1, 0.15) is 10.7 Å². The molecule has 1 aromatic rings. The van der Waals surface area contributed by atoms with E-state index in [1.54, 1.807) is 12.1 Å². The molecule has 0 aliphatic carbocycles. The predicted octanol–water partition coefficient (Wildman–Crippen LogP) is 3.15. The number of unbranched alkanes of at least 4 members (excludes halogenated alkanes) is 1. The number of hydrogen-bond donors (Lipinski definition) is 1. The minimum Gasteiger partial charge on any atom is -0.492 e. The zero-order valence-corrected chi connectivity index (χ0v) is 10.2. The van der Waals surface area contributed by atoms with Crippen LogP contribution in [-0.2, 0) is 0 Å². The molecular weight excluding hydrogens is 230 g/mol. The fourth-order valence-corrected chi connectivity index (χ4v) is 1.46. The number of thiocarbonyl (C=S) groups is 1. The van der Waals surface area contributed by atoms with Gasteiger partial charge in [-0.15, -0.1) is 0 Å². The summed E-state index contributed by atoms with van der Waals surface area (Å²) in [5.74, 6) is 0.685. The summed E-state index contributed by atoms with van der Waals surface area (Å²) in [6.45, 7) is 2.80. The number of halogens is 1. The van der Waals surface area contributed by atoms with Gasteiger partial charge in [0, 0.05) is 5.56 Å². The van der Waals surface area contributed by atoms with Gasteiger partial charge in [0.15, 0.2) is 0 Å². The highest BCUT2D eigenvalue weighted by Gasteiger charge is 2.04. The van der Waals surface area contributed by atoms with Gasteiger partial charge in [-0.1, -0.05) is 37.2 Å². The minimum absolute atomic E-state index is 0.344. The molecule has 0 spiro atoms. The van der Waals surface area contributed by atoms with Gasteiger partial charge in [-0.25, -0.2) is 0 Å². The minimum atomic E-state index is 0.344. The zero-order valence-electron chi connectivity index (χ0n) is 8.63. The summed E-state index contributed by atoms with van der Waals surface area (Å²) in [5, 5.41) is 0.552. The molecule has 0 saturated heterocycles. The smallest absolute Gasteiger partial charge is 0.137 e. The number of hydrogen-bond acceptors (Lipinski definition) is 2. The van der Waals surface area contributed by atoms with Crippen LogP contribution in [0, 0.1) is 0 Å². The van der Waals surface area contributed by atoms with E-state index in [9.17, 15) is 0 Å². The molecule has 15 heavy (non-hydrogen) atoms.